The molecule has 0 spiro atoms. The minimum Gasteiger partial charge on any atom is -0.433 e. The van der Waals surface area contributed by atoms with Crippen LogP contribution in [0.5, 0.6) is 5.75 Å². The first-order valence-electron chi connectivity index (χ1n) is 8.59. The summed E-state index contributed by atoms with van der Waals surface area (Å²) >= 11 is 7.20. The zero-order chi connectivity index (χ0) is 20.8. The molecule has 0 saturated heterocycles. The Balaban J connectivity index is 1.65. The minimum atomic E-state index is -2.97. The average molecular weight is 442 g/mol. The van der Waals surface area contributed by atoms with Gasteiger partial charge >= 0.3 is 6.61 Å². The van der Waals surface area contributed by atoms with Crippen molar-refractivity contribution in [1.82, 2.24) is 9.55 Å². The van der Waals surface area contributed by atoms with Crippen LogP contribution in [0.2, 0.25) is 5.02 Å². The van der Waals surface area contributed by atoms with E-state index in [2.05, 4.69) is 15.0 Å². The van der Waals surface area contributed by atoms with E-state index in [1.165, 1.54) is 30.0 Å². The van der Waals surface area contributed by atoms with Crippen molar-refractivity contribution in [2.45, 2.75) is 18.3 Å². The number of nitrogens with zero attached hydrogens (tertiary/aromatic N) is 2. The van der Waals surface area contributed by atoms with Crippen molar-refractivity contribution in [2.24, 2.45) is 0 Å². The largest absolute Gasteiger partial charge is 0.433 e. The van der Waals surface area contributed by atoms with Crippen molar-refractivity contribution >= 4 is 46.0 Å². The molecule has 0 aliphatic rings. The lowest BCUT2D eigenvalue weighted by molar-refractivity contribution is -0.113. The van der Waals surface area contributed by atoms with Gasteiger partial charge in [0, 0.05) is 19.3 Å². The predicted molar refractivity (Wildman–Crippen MR) is 109 cm³/mol. The number of halogens is 3. The van der Waals surface area contributed by atoms with Crippen LogP contribution in [-0.2, 0) is 16.1 Å². The van der Waals surface area contributed by atoms with Gasteiger partial charge in [-0.15, -0.1) is 0 Å². The number of rotatable bonds is 9. The summed E-state index contributed by atoms with van der Waals surface area (Å²) in [4.78, 5) is 16.9. The van der Waals surface area contributed by atoms with Crippen LogP contribution in [0.3, 0.4) is 0 Å². The molecule has 0 fully saturated rings. The average Bonchev–Trinajstić information content (AvgIpc) is 3.04. The lowest BCUT2D eigenvalue weighted by atomic mass is 10.3. The molecule has 0 aliphatic carbocycles. The first-order chi connectivity index (χ1) is 14.0. The van der Waals surface area contributed by atoms with Crippen LogP contribution in [-0.4, -0.2) is 41.5 Å². The summed E-state index contributed by atoms with van der Waals surface area (Å²) in [6.07, 6.45) is 0. The Bertz CT molecular complexity index is 1000. The molecule has 10 heteroatoms. The van der Waals surface area contributed by atoms with Gasteiger partial charge in [0.25, 0.3) is 0 Å². The molecule has 0 bridgehead atoms. The molecule has 0 saturated carbocycles. The first kappa shape index (κ1) is 21.4. The SMILES string of the molecule is COCCn1c(SCC(=O)Nc2ccc(OC(F)F)c(Cl)c2)nc2ccccc21. The second kappa shape index (κ2) is 9.91. The van der Waals surface area contributed by atoms with Gasteiger partial charge in [-0.25, -0.2) is 4.98 Å². The van der Waals surface area contributed by atoms with Crippen molar-refractivity contribution in [3.8, 4) is 5.75 Å². The maximum Gasteiger partial charge on any atom is 0.387 e. The minimum absolute atomic E-state index is 0.0166. The molecule has 29 heavy (non-hydrogen) atoms. The van der Waals surface area contributed by atoms with Crippen molar-refractivity contribution in [1.29, 1.82) is 0 Å². The van der Waals surface area contributed by atoms with E-state index in [0.29, 0.717) is 24.0 Å². The number of fused-ring (bicyclic) bond motifs is 1. The third-order valence-corrected chi connectivity index (χ3v) is 5.17. The van der Waals surface area contributed by atoms with Crippen LogP contribution >= 0.6 is 23.4 Å². The van der Waals surface area contributed by atoms with Gasteiger partial charge in [0.1, 0.15) is 5.75 Å². The molecule has 6 nitrogen and oxygen atoms in total. The van der Waals surface area contributed by atoms with Crippen molar-refractivity contribution in [3.63, 3.8) is 0 Å². The molecule has 0 unspecified atom stereocenters. The van der Waals surface area contributed by atoms with Gasteiger partial charge in [-0.2, -0.15) is 8.78 Å². The summed E-state index contributed by atoms with van der Waals surface area (Å²) in [5.41, 5.74) is 2.19. The van der Waals surface area contributed by atoms with E-state index >= 15 is 0 Å². The second-order valence-corrected chi connectivity index (χ2v) is 7.24. The molecular weight excluding hydrogens is 424 g/mol. The number of aromatic nitrogens is 2. The van der Waals surface area contributed by atoms with Gasteiger partial charge < -0.3 is 19.4 Å². The van der Waals surface area contributed by atoms with E-state index < -0.39 is 6.61 Å². The van der Waals surface area contributed by atoms with E-state index in [1.807, 2.05) is 28.8 Å². The Hall–Kier alpha value is -2.36. The molecule has 1 heterocycles. The molecule has 1 aromatic heterocycles. The summed E-state index contributed by atoms with van der Waals surface area (Å²) in [7, 11) is 1.63. The number of nitrogens with one attached hydrogen (secondary N) is 1. The van der Waals surface area contributed by atoms with E-state index in [-0.39, 0.29) is 22.4 Å². The van der Waals surface area contributed by atoms with Crippen molar-refractivity contribution < 1.29 is 23.0 Å². The van der Waals surface area contributed by atoms with Crippen LogP contribution in [0.4, 0.5) is 14.5 Å². The zero-order valence-corrected chi connectivity index (χ0v) is 17.0. The molecule has 0 radical (unpaired) electrons. The van der Waals surface area contributed by atoms with Gasteiger partial charge in [0.15, 0.2) is 5.16 Å². The van der Waals surface area contributed by atoms with E-state index in [1.54, 1.807) is 7.11 Å². The molecule has 3 rings (SSSR count). The number of alkyl halides is 2. The van der Waals surface area contributed by atoms with Crippen molar-refractivity contribution in [3.05, 3.63) is 47.5 Å². The zero-order valence-electron chi connectivity index (χ0n) is 15.4. The predicted octanol–water partition coefficient (Wildman–Crippen LogP) is 4.67. The van der Waals surface area contributed by atoms with E-state index in [0.717, 1.165) is 11.0 Å². The standard InChI is InChI=1S/C19H18ClF2N3O3S/c1-27-9-8-25-15-5-3-2-4-14(15)24-19(25)29-11-17(26)23-12-6-7-16(13(20)10-12)28-18(21)22/h2-7,10,18H,8-9,11H2,1H3,(H,23,26). The van der Waals surface area contributed by atoms with Gasteiger partial charge in [-0.3, -0.25) is 4.79 Å². The third kappa shape index (κ3) is 5.59. The Morgan fingerprint density at radius 2 is 2.10 bits per heavy atom. The van der Waals surface area contributed by atoms with Crippen LogP contribution in [0.25, 0.3) is 11.0 Å². The summed E-state index contributed by atoms with van der Waals surface area (Å²) in [6, 6.07) is 11.8. The lowest BCUT2D eigenvalue weighted by Gasteiger charge is -2.10. The number of amides is 1. The fourth-order valence-electron chi connectivity index (χ4n) is 2.66. The van der Waals surface area contributed by atoms with E-state index in [4.69, 9.17) is 16.3 Å². The van der Waals surface area contributed by atoms with Crippen molar-refractivity contribution in [2.75, 3.05) is 24.8 Å². The third-order valence-electron chi connectivity index (χ3n) is 3.90. The maximum atomic E-state index is 12.3. The fraction of sp³-hybridized carbons (Fsp3) is 0.263. The van der Waals surface area contributed by atoms with Gasteiger partial charge in [0.05, 0.1) is 28.4 Å². The number of methoxy groups -OCH3 is 1. The summed E-state index contributed by atoms with van der Waals surface area (Å²) in [5, 5.41) is 3.37. The fourth-order valence-corrected chi connectivity index (χ4v) is 3.73. The molecule has 0 atom stereocenters. The first-order valence-corrected chi connectivity index (χ1v) is 9.95. The number of hydrogen-bond donors (Lipinski definition) is 1. The number of carbonyl (C=O) groups excluding carboxylic acids is 1. The highest BCUT2D eigenvalue weighted by molar-refractivity contribution is 7.99. The Labute approximate surface area is 175 Å². The van der Waals surface area contributed by atoms with E-state index in [9.17, 15) is 13.6 Å². The van der Waals surface area contributed by atoms with Crippen LogP contribution in [0.15, 0.2) is 47.6 Å². The monoisotopic (exact) mass is 441 g/mol. The molecular formula is C19H18ClF2N3O3S. The summed E-state index contributed by atoms with van der Waals surface area (Å²) in [6.45, 7) is -1.84. The Kier molecular flexibility index (Phi) is 7.29. The highest BCUT2D eigenvalue weighted by Crippen LogP contribution is 2.29. The quantitative estimate of drug-likeness (QED) is 0.489. The molecule has 2 aromatic carbocycles. The number of imidazole rings is 1. The van der Waals surface area contributed by atoms with Crippen LogP contribution in [0.1, 0.15) is 0 Å². The number of anilines is 1. The highest BCUT2D eigenvalue weighted by atomic mass is 35.5. The molecule has 1 N–H and O–H groups in total. The summed E-state index contributed by atoms with van der Waals surface area (Å²) in [5.74, 6) is -0.316. The summed E-state index contributed by atoms with van der Waals surface area (Å²) < 4.78 is 36.0. The second-order valence-electron chi connectivity index (χ2n) is 5.89. The number of thioether (sulfide) groups is 1. The molecule has 154 valence electrons. The molecule has 3 aromatic rings. The lowest BCUT2D eigenvalue weighted by Crippen LogP contribution is -2.15. The number of carbonyl (C=O) groups is 1. The van der Waals surface area contributed by atoms with Crippen LogP contribution < -0.4 is 10.1 Å². The number of benzene rings is 2. The maximum absolute atomic E-state index is 12.3. The van der Waals surface area contributed by atoms with Gasteiger partial charge in [-0.05, 0) is 30.3 Å². The van der Waals surface area contributed by atoms with Gasteiger partial charge in [0.2, 0.25) is 5.91 Å². The smallest absolute Gasteiger partial charge is 0.387 e. The van der Waals surface area contributed by atoms with Gasteiger partial charge in [-0.1, -0.05) is 35.5 Å². The number of para-hydroxylation sites is 2. The Morgan fingerprint density at radius 3 is 2.83 bits per heavy atom. The molecule has 1 amide bonds. The normalized spacial score (nSPS) is 11.2. The van der Waals surface area contributed by atoms with Crippen LogP contribution in [0, 0.1) is 0 Å². The topological polar surface area (TPSA) is 65.4 Å². The number of ether oxygens (including phenoxy) is 2. The Morgan fingerprint density at radius 1 is 1.31 bits per heavy atom. The highest BCUT2D eigenvalue weighted by Gasteiger charge is 2.14. The molecule has 0 aliphatic heterocycles. The number of hydrogen-bond acceptors (Lipinski definition) is 5.